The van der Waals surface area contributed by atoms with Gasteiger partial charge in [-0.2, -0.15) is 0 Å². The van der Waals surface area contributed by atoms with Crippen LogP contribution in [0.1, 0.15) is 0 Å². The minimum atomic E-state index is -1.41. The largest absolute Gasteiger partial charge is 0.479 e. The molecule has 0 amide bonds. The molecule has 0 fully saturated rings. The van der Waals surface area contributed by atoms with Gasteiger partial charge in [-0.15, -0.1) is 0 Å². The molecule has 2 nitrogen and oxygen atoms in total. The second-order valence-electron chi connectivity index (χ2n) is 0.527. The van der Waals surface area contributed by atoms with Crippen molar-refractivity contribution in [2.75, 3.05) is 6.67 Å². The summed E-state index contributed by atoms with van der Waals surface area (Å²) in [7, 11) is 0. The SMILES string of the molecule is O=C(O)CF.[Hg]. The molecule has 0 rings (SSSR count). The van der Waals surface area contributed by atoms with Crippen LogP contribution < -0.4 is 0 Å². The predicted molar refractivity (Wildman–Crippen MR) is 13.6 cm³/mol. The molecule has 0 aromatic carbocycles. The Bertz CT molecular complexity index is 46.8. The minimum absolute atomic E-state index is 0. The van der Waals surface area contributed by atoms with E-state index in [2.05, 4.69) is 0 Å². The van der Waals surface area contributed by atoms with Crippen molar-refractivity contribution >= 4 is 5.97 Å². The number of carbonyl (C=O) groups is 1. The monoisotopic (exact) mass is 280 g/mol. The van der Waals surface area contributed by atoms with Crippen LogP contribution in [0.15, 0.2) is 0 Å². The summed E-state index contributed by atoms with van der Waals surface area (Å²) in [6.07, 6.45) is 0. The zero-order chi connectivity index (χ0) is 4.28. The van der Waals surface area contributed by atoms with Crippen molar-refractivity contribution in [3.05, 3.63) is 0 Å². The van der Waals surface area contributed by atoms with Gasteiger partial charge in [-0.05, 0) is 0 Å². The molecule has 0 aliphatic rings. The second kappa shape index (κ2) is 5.34. The van der Waals surface area contributed by atoms with Crippen LogP contribution in [0.3, 0.4) is 0 Å². The van der Waals surface area contributed by atoms with Gasteiger partial charge in [0.25, 0.3) is 0 Å². The summed E-state index contributed by atoms with van der Waals surface area (Å²) in [4.78, 5) is 8.99. The molecule has 0 bridgehead atoms. The van der Waals surface area contributed by atoms with E-state index in [1.165, 1.54) is 0 Å². The number of aliphatic carboxylic acids is 1. The van der Waals surface area contributed by atoms with Gasteiger partial charge >= 0.3 is 5.97 Å². The number of halogens is 1. The van der Waals surface area contributed by atoms with E-state index >= 15 is 0 Å². The quantitative estimate of drug-likeness (QED) is 0.688. The Labute approximate surface area is 54.9 Å². The number of hydrogen-bond donors (Lipinski definition) is 1. The molecule has 0 saturated carbocycles. The molecular formula is C2H3FHgO2. The summed E-state index contributed by atoms with van der Waals surface area (Å²) in [5.41, 5.74) is 0. The fourth-order valence-corrected chi connectivity index (χ4v) is 0. The van der Waals surface area contributed by atoms with Gasteiger partial charge in [0.05, 0.1) is 0 Å². The Balaban J connectivity index is 0. The van der Waals surface area contributed by atoms with Gasteiger partial charge in [-0.25, -0.2) is 9.18 Å². The first kappa shape index (κ1) is 9.59. The Morgan fingerprint density at radius 1 is 1.83 bits per heavy atom. The predicted octanol–water partition coefficient (Wildman–Crippen LogP) is 0.0380. The number of carboxylic acids is 1. The fraction of sp³-hybridized carbons (Fsp3) is 0.500. The van der Waals surface area contributed by atoms with Crippen LogP contribution in [0.25, 0.3) is 0 Å². The molecule has 0 aliphatic carbocycles. The van der Waals surface area contributed by atoms with Crippen molar-refractivity contribution in [2.45, 2.75) is 0 Å². The van der Waals surface area contributed by atoms with Gasteiger partial charge < -0.3 is 5.11 Å². The first-order valence-corrected chi connectivity index (χ1v) is 1.05. The van der Waals surface area contributed by atoms with Crippen molar-refractivity contribution in [1.82, 2.24) is 0 Å². The normalized spacial score (nSPS) is 6.17. The van der Waals surface area contributed by atoms with Crippen LogP contribution in [0, 0.1) is 0 Å². The zero-order valence-corrected chi connectivity index (χ0v) is 8.65. The first-order chi connectivity index (χ1) is 2.27. The van der Waals surface area contributed by atoms with Crippen LogP contribution in [0.5, 0.6) is 0 Å². The number of rotatable bonds is 1. The van der Waals surface area contributed by atoms with Crippen LogP contribution in [-0.2, 0) is 32.5 Å². The van der Waals surface area contributed by atoms with E-state index in [1.54, 1.807) is 0 Å². The van der Waals surface area contributed by atoms with E-state index in [0.29, 0.717) is 0 Å². The van der Waals surface area contributed by atoms with Crippen molar-refractivity contribution in [1.29, 1.82) is 0 Å². The Morgan fingerprint density at radius 3 is 2.00 bits per heavy atom. The van der Waals surface area contributed by atoms with Gasteiger partial charge in [0, 0.05) is 27.7 Å². The van der Waals surface area contributed by atoms with Gasteiger partial charge in [0.15, 0.2) is 6.67 Å². The molecule has 0 saturated heterocycles. The second-order valence-corrected chi connectivity index (χ2v) is 0.527. The zero-order valence-electron chi connectivity index (χ0n) is 3.15. The minimum Gasteiger partial charge on any atom is -0.479 e. The maximum atomic E-state index is 10.5. The maximum Gasteiger partial charge on any atom is 0.335 e. The summed E-state index contributed by atoms with van der Waals surface area (Å²) in [6, 6.07) is 0. The van der Waals surface area contributed by atoms with Crippen molar-refractivity contribution < 1.29 is 42.0 Å². The van der Waals surface area contributed by atoms with Crippen molar-refractivity contribution in [3.63, 3.8) is 0 Å². The van der Waals surface area contributed by atoms with E-state index in [9.17, 15) is 4.39 Å². The van der Waals surface area contributed by atoms with Crippen LogP contribution >= 0.6 is 0 Å². The molecule has 0 spiro atoms. The van der Waals surface area contributed by atoms with E-state index in [0.717, 1.165) is 0 Å². The number of alkyl halides is 1. The van der Waals surface area contributed by atoms with Crippen LogP contribution in [0.4, 0.5) is 4.39 Å². The number of hydrogen-bond acceptors (Lipinski definition) is 1. The molecule has 0 aliphatic heterocycles. The van der Waals surface area contributed by atoms with E-state index in [4.69, 9.17) is 9.90 Å². The number of carboxylic acid groups (broad SMARTS) is 1. The summed E-state index contributed by atoms with van der Waals surface area (Å²) in [5, 5.41) is 7.35. The summed E-state index contributed by atoms with van der Waals surface area (Å²) >= 11 is 0. The average molecular weight is 279 g/mol. The summed E-state index contributed by atoms with van der Waals surface area (Å²) in [6.45, 7) is -1.28. The van der Waals surface area contributed by atoms with Crippen LogP contribution in [-0.4, -0.2) is 17.8 Å². The molecule has 0 radical (unpaired) electrons. The maximum absolute atomic E-state index is 10.5. The summed E-state index contributed by atoms with van der Waals surface area (Å²) in [5.74, 6) is -1.41. The molecule has 6 heavy (non-hydrogen) atoms. The molecule has 4 heteroatoms. The standard InChI is InChI=1S/C2H3FO2.Hg/c3-1-2(4)5;/h1H2,(H,4,5);. The molecular weight excluding hydrogens is 276 g/mol. The molecule has 0 aromatic heterocycles. The Morgan fingerprint density at radius 2 is 2.00 bits per heavy atom. The van der Waals surface area contributed by atoms with Gasteiger partial charge in [0.2, 0.25) is 0 Å². The third-order valence-electron chi connectivity index (χ3n) is 0.114. The first-order valence-electron chi connectivity index (χ1n) is 1.05. The molecule has 0 aromatic rings. The van der Waals surface area contributed by atoms with Gasteiger partial charge in [-0.1, -0.05) is 0 Å². The third-order valence-corrected chi connectivity index (χ3v) is 0.114. The van der Waals surface area contributed by atoms with E-state index < -0.39 is 12.6 Å². The summed E-state index contributed by atoms with van der Waals surface area (Å²) < 4.78 is 10.5. The Hall–Kier alpha value is 0.335. The molecule has 0 heterocycles. The van der Waals surface area contributed by atoms with Gasteiger partial charge in [-0.3, -0.25) is 0 Å². The van der Waals surface area contributed by atoms with E-state index in [-0.39, 0.29) is 27.7 Å². The molecule has 32 valence electrons. The molecule has 0 unspecified atom stereocenters. The van der Waals surface area contributed by atoms with Crippen LogP contribution in [0.2, 0.25) is 0 Å². The van der Waals surface area contributed by atoms with Gasteiger partial charge in [0.1, 0.15) is 0 Å². The van der Waals surface area contributed by atoms with E-state index in [1.807, 2.05) is 0 Å². The molecule has 1 N–H and O–H groups in total. The molecule has 0 atom stereocenters. The van der Waals surface area contributed by atoms with Crippen molar-refractivity contribution in [3.8, 4) is 0 Å². The smallest absolute Gasteiger partial charge is 0.335 e. The topological polar surface area (TPSA) is 37.3 Å². The average Bonchev–Trinajstić information content (AvgIpc) is 1.38. The van der Waals surface area contributed by atoms with Crippen molar-refractivity contribution in [2.24, 2.45) is 0 Å². The fourth-order valence-electron chi connectivity index (χ4n) is 0. The third kappa shape index (κ3) is 8.84. The Kier molecular flexibility index (Phi) is 8.53.